The predicted molar refractivity (Wildman–Crippen MR) is 108 cm³/mol. The van der Waals surface area contributed by atoms with Gasteiger partial charge in [0.15, 0.2) is 5.82 Å². The van der Waals surface area contributed by atoms with Crippen LogP contribution in [0.25, 0.3) is 0 Å². The first kappa shape index (κ1) is 21.3. The van der Waals surface area contributed by atoms with E-state index in [0.717, 1.165) is 0 Å². The quantitative estimate of drug-likeness (QED) is 0.705. The highest BCUT2D eigenvalue weighted by Gasteiger charge is 2.27. The fourth-order valence-corrected chi connectivity index (χ4v) is 4.04. The van der Waals surface area contributed by atoms with E-state index in [4.69, 9.17) is 4.52 Å². The van der Waals surface area contributed by atoms with Crippen LogP contribution in [0.4, 0.5) is 4.39 Å². The van der Waals surface area contributed by atoms with E-state index >= 15 is 0 Å². The molecule has 0 radical (unpaired) electrons. The van der Waals surface area contributed by atoms with E-state index in [1.807, 2.05) is 0 Å². The summed E-state index contributed by atoms with van der Waals surface area (Å²) in [5, 5.41) is 6.70. The summed E-state index contributed by atoms with van der Waals surface area (Å²) < 4.78 is 18.5. The number of benzene rings is 1. The fourth-order valence-electron chi connectivity index (χ4n) is 3.28. The van der Waals surface area contributed by atoms with Gasteiger partial charge in [-0.3, -0.25) is 9.59 Å². The molecular weight excluding hydrogens is 395 g/mol. The number of likely N-dealkylation sites (tertiary alicyclic amines) is 1. The molecule has 29 heavy (non-hydrogen) atoms. The van der Waals surface area contributed by atoms with Gasteiger partial charge < -0.3 is 14.7 Å². The summed E-state index contributed by atoms with van der Waals surface area (Å²) in [6.07, 6.45) is 1.75. The van der Waals surface area contributed by atoms with Gasteiger partial charge in [0.2, 0.25) is 17.7 Å². The Morgan fingerprint density at radius 2 is 2.07 bits per heavy atom. The van der Waals surface area contributed by atoms with Crippen molar-refractivity contribution >= 4 is 23.6 Å². The van der Waals surface area contributed by atoms with Gasteiger partial charge in [-0.25, -0.2) is 4.39 Å². The summed E-state index contributed by atoms with van der Waals surface area (Å²) in [6.45, 7) is 3.29. The average molecular weight is 421 g/mol. The van der Waals surface area contributed by atoms with Gasteiger partial charge in [0.05, 0.1) is 11.5 Å². The van der Waals surface area contributed by atoms with E-state index in [1.165, 1.54) is 17.8 Å². The molecule has 0 bridgehead atoms. The number of thioether (sulfide) groups is 1. The maximum absolute atomic E-state index is 13.6. The molecular formula is C20H25FN4O3S. The number of rotatable bonds is 8. The molecule has 1 aliphatic rings. The van der Waals surface area contributed by atoms with Crippen LogP contribution in [0.1, 0.15) is 30.1 Å². The zero-order chi connectivity index (χ0) is 20.6. The van der Waals surface area contributed by atoms with Crippen LogP contribution in [0.2, 0.25) is 0 Å². The molecule has 2 aromatic rings. The van der Waals surface area contributed by atoms with Crippen LogP contribution in [0.3, 0.4) is 0 Å². The van der Waals surface area contributed by atoms with Crippen molar-refractivity contribution in [3.05, 3.63) is 47.4 Å². The van der Waals surface area contributed by atoms with E-state index in [9.17, 15) is 14.0 Å². The zero-order valence-corrected chi connectivity index (χ0v) is 17.2. The van der Waals surface area contributed by atoms with E-state index < -0.39 is 0 Å². The predicted octanol–water partition coefficient (Wildman–Crippen LogP) is 2.35. The monoisotopic (exact) mass is 420 g/mol. The highest BCUT2D eigenvalue weighted by Crippen LogP contribution is 2.19. The summed E-state index contributed by atoms with van der Waals surface area (Å²) in [7, 11) is 0. The minimum Gasteiger partial charge on any atom is -0.356 e. The molecule has 0 saturated carbocycles. The van der Waals surface area contributed by atoms with Crippen LogP contribution in [-0.2, 0) is 21.8 Å². The molecule has 0 atom stereocenters. The zero-order valence-electron chi connectivity index (χ0n) is 16.4. The second kappa shape index (κ2) is 10.4. The topological polar surface area (TPSA) is 88.3 Å². The molecule has 3 rings (SSSR count). The Morgan fingerprint density at radius 3 is 2.76 bits per heavy atom. The Morgan fingerprint density at radius 1 is 1.31 bits per heavy atom. The van der Waals surface area contributed by atoms with Crippen molar-refractivity contribution in [2.24, 2.45) is 5.92 Å². The molecule has 1 aromatic heterocycles. The molecule has 156 valence electrons. The molecule has 0 spiro atoms. The number of carbonyl (C=O) groups is 2. The molecule has 0 unspecified atom stereocenters. The van der Waals surface area contributed by atoms with Gasteiger partial charge in [-0.05, 0) is 30.9 Å². The molecule has 2 heterocycles. The first-order chi connectivity index (χ1) is 14.0. The standard InChI is InChI=1S/C20H25FN4O3S/c1-14-23-18(24-28-14)12-29-13-19(26)25-10-7-16(8-11-25)20(27)22-9-6-15-4-2-3-5-17(15)21/h2-5,16H,6-13H2,1H3,(H,22,27). The number of aryl methyl sites for hydroxylation is 1. The third-order valence-electron chi connectivity index (χ3n) is 4.90. The number of hydrogen-bond donors (Lipinski definition) is 1. The van der Waals surface area contributed by atoms with Gasteiger partial charge in [0, 0.05) is 32.5 Å². The lowest BCUT2D eigenvalue weighted by Crippen LogP contribution is -2.44. The Bertz CT molecular complexity index is 837. The van der Waals surface area contributed by atoms with Gasteiger partial charge in [-0.15, -0.1) is 11.8 Å². The summed E-state index contributed by atoms with van der Waals surface area (Å²) in [4.78, 5) is 30.6. The Kier molecular flexibility index (Phi) is 7.62. The second-order valence-electron chi connectivity index (χ2n) is 7.01. The smallest absolute Gasteiger partial charge is 0.232 e. The fraction of sp³-hybridized carbons (Fsp3) is 0.500. The largest absolute Gasteiger partial charge is 0.356 e. The number of aromatic nitrogens is 2. The van der Waals surface area contributed by atoms with Crippen LogP contribution in [0, 0.1) is 18.7 Å². The highest BCUT2D eigenvalue weighted by molar-refractivity contribution is 7.99. The normalized spacial score (nSPS) is 14.8. The Labute approximate surface area is 173 Å². The van der Waals surface area contributed by atoms with Crippen molar-refractivity contribution < 1.29 is 18.5 Å². The second-order valence-corrected chi connectivity index (χ2v) is 8.00. The number of nitrogens with one attached hydrogen (secondary N) is 1. The highest BCUT2D eigenvalue weighted by atomic mass is 32.2. The number of halogens is 1. The third-order valence-corrected chi connectivity index (χ3v) is 5.81. The third kappa shape index (κ3) is 6.28. The summed E-state index contributed by atoms with van der Waals surface area (Å²) in [5.41, 5.74) is 0.599. The van der Waals surface area contributed by atoms with Crippen molar-refractivity contribution in [1.82, 2.24) is 20.4 Å². The molecule has 1 aliphatic heterocycles. The van der Waals surface area contributed by atoms with E-state index in [2.05, 4.69) is 15.5 Å². The maximum atomic E-state index is 13.6. The van der Waals surface area contributed by atoms with Crippen LogP contribution in [0.5, 0.6) is 0 Å². The summed E-state index contributed by atoms with van der Waals surface area (Å²) in [6, 6.07) is 6.58. The van der Waals surface area contributed by atoms with Gasteiger partial charge >= 0.3 is 0 Å². The summed E-state index contributed by atoms with van der Waals surface area (Å²) >= 11 is 1.45. The molecule has 9 heteroatoms. The first-order valence-corrected chi connectivity index (χ1v) is 10.8. The molecule has 1 saturated heterocycles. The van der Waals surface area contributed by atoms with Crippen LogP contribution in [0.15, 0.2) is 28.8 Å². The lowest BCUT2D eigenvalue weighted by Gasteiger charge is -2.31. The Balaban J connectivity index is 1.33. The first-order valence-electron chi connectivity index (χ1n) is 9.68. The van der Waals surface area contributed by atoms with Gasteiger partial charge in [-0.2, -0.15) is 4.98 Å². The van der Waals surface area contributed by atoms with Crippen molar-refractivity contribution in [1.29, 1.82) is 0 Å². The van der Waals surface area contributed by atoms with Crippen molar-refractivity contribution in [2.75, 3.05) is 25.4 Å². The molecule has 2 amide bonds. The number of carbonyl (C=O) groups excluding carboxylic acids is 2. The van der Waals surface area contributed by atoms with Gasteiger partial charge in [0.25, 0.3) is 0 Å². The number of hydrogen-bond acceptors (Lipinski definition) is 6. The lowest BCUT2D eigenvalue weighted by atomic mass is 9.96. The minimum atomic E-state index is -0.249. The molecule has 0 aliphatic carbocycles. The summed E-state index contributed by atoms with van der Waals surface area (Å²) in [5.74, 6) is 1.68. The number of piperidine rings is 1. The molecule has 1 aromatic carbocycles. The van der Waals surface area contributed by atoms with Gasteiger partial charge in [0.1, 0.15) is 5.82 Å². The van der Waals surface area contributed by atoms with Crippen molar-refractivity contribution in [3.8, 4) is 0 Å². The van der Waals surface area contributed by atoms with E-state index in [1.54, 1.807) is 30.0 Å². The van der Waals surface area contributed by atoms with Crippen molar-refractivity contribution in [2.45, 2.75) is 31.9 Å². The van der Waals surface area contributed by atoms with E-state index in [0.29, 0.717) is 67.7 Å². The van der Waals surface area contributed by atoms with Gasteiger partial charge in [-0.1, -0.05) is 23.4 Å². The molecule has 7 nitrogen and oxygen atoms in total. The number of amides is 2. The molecule has 1 fully saturated rings. The SMILES string of the molecule is Cc1nc(CSCC(=O)N2CCC(C(=O)NCCc3ccccc3F)CC2)no1. The van der Waals surface area contributed by atoms with Crippen LogP contribution >= 0.6 is 11.8 Å². The lowest BCUT2D eigenvalue weighted by molar-refractivity contribution is -0.133. The van der Waals surface area contributed by atoms with Crippen molar-refractivity contribution in [3.63, 3.8) is 0 Å². The van der Waals surface area contributed by atoms with Crippen LogP contribution < -0.4 is 5.32 Å². The average Bonchev–Trinajstić information content (AvgIpc) is 3.14. The molecule has 1 N–H and O–H groups in total. The maximum Gasteiger partial charge on any atom is 0.232 e. The number of nitrogens with zero attached hydrogens (tertiary/aromatic N) is 3. The Hall–Kier alpha value is -2.42. The van der Waals surface area contributed by atoms with Crippen LogP contribution in [-0.4, -0.2) is 52.2 Å². The van der Waals surface area contributed by atoms with E-state index in [-0.39, 0.29) is 23.5 Å². The minimum absolute atomic E-state index is 0.0183.